The fourth-order valence-electron chi connectivity index (χ4n) is 5.40. The smallest absolute Gasteiger partial charge is 0.251 e. The Balaban J connectivity index is 1.21. The van der Waals surface area contributed by atoms with Gasteiger partial charge in [-0.15, -0.1) is 0 Å². The second kappa shape index (κ2) is 12.7. The lowest BCUT2D eigenvalue weighted by Gasteiger charge is -2.30. The molecule has 196 valence electrons. The van der Waals surface area contributed by atoms with Crippen LogP contribution in [-0.4, -0.2) is 45.4 Å². The largest absolute Gasteiger partial charge is 0.507 e. The van der Waals surface area contributed by atoms with Gasteiger partial charge in [0.05, 0.1) is 17.3 Å². The number of allylic oxidation sites excluding steroid dienone is 2. The highest BCUT2D eigenvalue weighted by atomic mass is 32.2. The van der Waals surface area contributed by atoms with Crippen molar-refractivity contribution in [2.45, 2.75) is 83.3 Å². The van der Waals surface area contributed by atoms with Gasteiger partial charge in [-0.05, 0) is 86.9 Å². The minimum atomic E-state index is -0.520. The van der Waals surface area contributed by atoms with Crippen LogP contribution in [0.2, 0.25) is 0 Å². The summed E-state index contributed by atoms with van der Waals surface area (Å²) in [5, 5.41) is 13.2. The first kappa shape index (κ1) is 26.7. The van der Waals surface area contributed by atoms with E-state index in [2.05, 4.69) is 10.3 Å². The summed E-state index contributed by atoms with van der Waals surface area (Å²) in [5.41, 5.74) is 0.736. The first-order valence-corrected chi connectivity index (χ1v) is 14.4. The number of carbonyl (C=O) groups is 2. The highest BCUT2D eigenvalue weighted by Gasteiger charge is 2.28. The normalized spacial score (nSPS) is 25.0. The third-order valence-corrected chi connectivity index (χ3v) is 8.59. The molecular weight excluding hydrogens is 479 g/mol. The topological polar surface area (TPSA) is 88.5 Å². The zero-order valence-electron chi connectivity index (χ0n) is 21.0. The van der Waals surface area contributed by atoms with E-state index in [1.165, 1.54) is 6.07 Å². The molecule has 4 rings (SSSR count). The summed E-state index contributed by atoms with van der Waals surface area (Å²) in [6.45, 7) is 1.96. The zero-order valence-corrected chi connectivity index (χ0v) is 21.8. The maximum atomic E-state index is 13.9. The van der Waals surface area contributed by atoms with Crippen molar-refractivity contribution in [2.75, 3.05) is 11.5 Å². The molecule has 1 atom stereocenters. The Morgan fingerprint density at radius 2 is 1.94 bits per heavy atom. The maximum absolute atomic E-state index is 13.9. The third-order valence-electron chi connectivity index (χ3n) is 7.54. The summed E-state index contributed by atoms with van der Waals surface area (Å²) in [6, 6.07) is 1.37. The molecule has 36 heavy (non-hydrogen) atoms. The second-order valence-electron chi connectivity index (χ2n) is 10.3. The summed E-state index contributed by atoms with van der Waals surface area (Å²) in [4.78, 5) is 29.7. The molecule has 1 aliphatic heterocycles. The van der Waals surface area contributed by atoms with Crippen LogP contribution in [0.25, 0.3) is 0 Å². The lowest BCUT2D eigenvalue weighted by Crippen LogP contribution is -2.40. The SMILES string of the molecule is CC1CC=CC(O)=C1C(=O)NC1CCC(CCCC(=O)c2cc(F)cnc2OC2CCSCC2)CC1. The molecule has 0 bridgehead atoms. The minimum Gasteiger partial charge on any atom is -0.507 e. The van der Waals surface area contributed by atoms with E-state index in [1.54, 1.807) is 6.08 Å². The van der Waals surface area contributed by atoms with E-state index < -0.39 is 5.82 Å². The molecule has 2 aliphatic carbocycles. The first-order valence-electron chi connectivity index (χ1n) is 13.2. The summed E-state index contributed by atoms with van der Waals surface area (Å²) in [7, 11) is 0. The Hall–Kier alpha value is -2.35. The zero-order chi connectivity index (χ0) is 25.5. The van der Waals surface area contributed by atoms with Crippen molar-refractivity contribution in [3.63, 3.8) is 0 Å². The number of nitrogens with zero attached hydrogens (tertiary/aromatic N) is 1. The van der Waals surface area contributed by atoms with E-state index in [-0.39, 0.29) is 47.0 Å². The number of aromatic nitrogens is 1. The van der Waals surface area contributed by atoms with Crippen LogP contribution in [-0.2, 0) is 4.79 Å². The van der Waals surface area contributed by atoms with Gasteiger partial charge in [-0.2, -0.15) is 11.8 Å². The van der Waals surface area contributed by atoms with Gasteiger partial charge in [-0.3, -0.25) is 9.59 Å². The van der Waals surface area contributed by atoms with Crippen molar-refractivity contribution in [1.29, 1.82) is 0 Å². The standard InChI is InChI=1S/C28H37FN2O4S/c1-18-4-2-7-25(33)26(18)27(34)31-21-10-8-19(9-11-21)5-3-6-24(32)23-16-20(29)17-30-28(23)35-22-12-14-36-15-13-22/h2,7,16-19,21-22,33H,3-6,8-15H2,1H3,(H,31,34). The van der Waals surface area contributed by atoms with E-state index in [4.69, 9.17) is 4.74 Å². The number of ether oxygens (including phenoxy) is 1. The van der Waals surface area contributed by atoms with Crippen LogP contribution in [0.15, 0.2) is 35.7 Å². The van der Waals surface area contributed by atoms with Crippen molar-refractivity contribution in [3.05, 3.63) is 47.1 Å². The van der Waals surface area contributed by atoms with Gasteiger partial charge < -0.3 is 15.2 Å². The molecule has 8 heteroatoms. The molecule has 1 aromatic rings. The molecule has 2 N–H and O–H groups in total. The molecular formula is C28H37FN2O4S. The van der Waals surface area contributed by atoms with Crippen LogP contribution < -0.4 is 10.1 Å². The molecule has 2 heterocycles. The number of carbonyl (C=O) groups excluding carboxylic acids is 2. The number of rotatable bonds is 9. The van der Waals surface area contributed by atoms with Crippen molar-refractivity contribution in [3.8, 4) is 5.88 Å². The molecule has 1 aromatic heterocycles. The number of pyridine rings is 1. The number of ketones is 1. The minimum absolute atomic E-state index is 0.0183. The van der Waals surface area contributed by atoms with Gasteiger partial charge in [-0.1, -0.05) is 19.4 Å². The monoisotopic (exact) mass is 516 g/mol. The van der Waals surface area contributed by atoms with Gasteiger partial charge in [0.2, 0.25) is 5.88 Å². The van der Waals surface area contributed by atoms with Gasteiger partial charge >= 0.3 is 0 Å². The van der Waals surface area contributed by atoms with Gasteiger partial charge in [-0.25, -0.2) is 9.37 Å². The van der Waals surface area contributed by atoms with Crippen molar-refractivity contribution in [1.82, 2.24) is 10.3 Å². The van der Waals surface area contributed by atoms with Gasteiger partial charge in [0.1, 0.15) is 17.7 Å². The summed E-state index contributed by atoms with van der Waals surface area (Å²) < 4.78 is 19.9. The molecule has 1 saturated heterocycles. The van der Waals surface area contributed by atoms with E-state index in [9.17, 15) is 19.1 Å². The van der Waals surface area contributed by atoms with E-state index in [1.807, 2.05) is 24.8 Å². The maximum Gasteiger partial charge on any atom is 0.251 e. The van der Waals surface area contributed by atoms with Crippen LogP contribution in [0, 0.1) is 17.7 Å². The molecule has 3 aliphatic rings. The van der Waals surface area contributed by atoms with Crippen LogP contribution in [0.4, 0.5) is 4.39 Å². The predicted octanol–water partition coefficient (Wildman–Crippen LogP) is 5.93. The molecule has 0 spiro atoms. The molecule has 1 unspecified atom stereocenters. The van der Waals surface area contributed by atoms with Gasteiger partial charge in [0.25, 0.3) is 5.91 Å². The third kappa shape index (κ3) is 7.11. The summed E-state index contributed by atoms with van der Waals surface area (Å²) in [6.07, 6.45) is 13.0. The number of aliphatic hydroxyl groups excluding tert-OH is 1. The molecule has 1 amide bonds. The number of hydrogen-bond acceptors (Lipinski definition) is 6. The highest BCUT2D eigenvalue weighted by molar-refractivity contribution is 7.99. The van der Waals surface area contributed by atoms with E-state index in [0.717, 1.165) is 75.5 Å². The quantitative estimate of drug-likeness (QED) is 0.396. The van der Waals surface area contributed by atoms with Crippen LogP contribution in [0.1, 0.15) is 81.5 Å². The Labute approximate surface area is 217 Å². The number of thioether (sulfide) groups is 1. The second-order valence-corrected chi connectivity index (χ2v) is 11.5. The lowest BCUT2D eigenvalue weighted by atomic mass is 9.82. The van der Waals surface area contributed by atoms with Crippen LogP contribution in [0.5, 0.6) is 5.88 Å². The van der Waals surface area contributed by atoms with Crippen molar-refractivity contribution in [2.24, 2.45) is 11.8 Å². The molecule has 2 fully saturated rings. The number of aliphatic hydroxyl groups is 1. The fourth-order valence-corrected chi connectivity index (χ4v) is 6.46. The number of halogens is 1. The Morgan fingerprint density at radius 3 is 2.67 bits per heavy atom. The number of nitrogens with one attached hydrogen (secondary N) is 1. The number of Topliss-reactive ketones (excluding diaryl/α,β-unsaturated/α-hetero) is 1. The van der Waals surface area contributed by atoms with Crippen molar-refractivity contribution >= 4 is 23.5 Å². The Morgan fingerprint density at radius 1 is 1.19 bits per heavy atom. The summed E-state index contributed by atoms with van der Waals surface area (Å²) in [5.74, 6) is 2.12. The fraction of sp³-hybridized carbons (Fsp3) is 0.607. The van der Waals surface area contributed by atoms with E-state index in [0.29, 0.717) is 17.9 Å². The number of hydrogen-bond donors (Lipinski definition) is 2. The Kier molecular flexibility index (Phi) is 9.46. The average Bonchev–Trinajstić information content (AvgIpc) is 2.86. The molecule has 1 saturated carbocycles. The van der Waals surface area contributed by atoms with Crippen molar-refractivity contribution < 1.29 is 23.8 Å². The number of amides is 1. The van der Waals surface area contributed by atoms with Crippen LogP contribution in [0.3, 0.4) is 0 Å². The van der Waals surface area contributed by atoms with Gasteiger partial charge in [0.15, 0.2) is 5.78 Å². The van der Waals surface area contributed by atoms with Crippen LogP contribution >= 0.6 is 11.8 Å². The first-order chi connectivity index (χ1) is 17.4. The highest BCUT2D eigenvalue weighted by Crippen LogP contribution is 2.31. The average molecular weight is 517 g/mol. The van der Waals surface area contributed by atoms with Gasteiger partial charge in [0, 0.05) is 12.5 Å². The van der Waals surface area contributed by atoms with E-state index >= 15 is 0 Å². The predicted molar refractivity (Wildman–Crippen MR) is 140 cm³/mol. The molecule has 0 radical (unpaired) electrons. The molecule has 0 aromatic carbocycles. The molecule has 6 nitrogen and oxygen atoms in total. The Bertz CT molecular complexity index is 997. The lowest BCUT2D eigenvalue weighted by molar-refractivity contribution is -0.119. The summed E-state index contributed by atoms with van der Waals surface area (Å²) >= 11 is 1.89.